The number of carbonyl (C=O) groups excluding carboxylic acids is 1. The highest BCUT2D eigenvalue weighted by Gasteiger charge is 2.27. The third kappa shape index (κ3) is 4.84. The van der Waals surface area contributed by atoms with E-state index in [0.29, 0.717) is 12.3 Å². The molecule has 1 aliphatic carbocycles. The summed E-state index contributed by atoms with van der Waals surface area (Å²) in [6.07, 6.45) is 9.13. The Morgan fingerprint density at radius 3 is 2.68 bits per heavy atom. The van der Waals surface area contributed by atoms with Gasteiger partial charge in [-0.05, 0) is 25.0 Å². The van der Waals surface area contributed by atoms with Gasteiger partial charge in [0.05, 0.1) is 5.75 Å². The van der Waals surface area contributed by atoms with Gasteiger partial charge < -0.3 is 11.1 Å². The molecule has 0 bridgehead atoms. The summed E-state index contributed by atoms with van der Waals surface area (Å²) in [7, 11) is 0. The molecule has 0 saturated heterocycles. The Balaban J connectivity index is 1.70. The van der Waals surface area contributed by atoms with Gasteiger partial charge in [-0.25, -0.2) is 0 Å². The fourth-order valence-corrected chi connectivity index (χ4v) is 3.06. The van der Waals surface area contributed by atoms with Crippen molar-refractivity contribution >= 4 is 17.7 Å². The lowest BCUT2D eigenvalue weighted by atomic mass is 9.82. The third-order valence-electron chi connectivity index (χ3n) is 3.51. The first kappa shape index (κ1) is 14.3. The van der Waals surface area contributed by atoms with Crippen LogP contribution in [0, 0.1) is 0 Å². The van der Waals surface area contributed by atoms with Crippen LogP contribution >= 0.6 is 11.8 Å². The molecule has 1 aromatic rings. The minimum atomic E-state index is -0.185. The van der Waals surface area contributed by atoms with Gasteiger partial charge in [0.1, 0.15) is 0 Å². The third-order valence-corrected chi connectivity index (χ3v) is 4.52. The number of thioether (sulfide) groups is 1. The van der Waals surface area contributed by atoms with E-state index in [-0.39, 0.29) is 11.4 Å². The largest absolute Gasteiger partial charge is 0.354 e. The number of pyridine rings is 1. The highest BCUT2D eigenvalue weighted by atomic mass is 32.2. The molecule has 0 aliphatic heterocycles. The first-order chi connectivity index (χ1) is 9.18. The van der Waals surface area contributed by atoms with E-state index in [1.807, 2.05) is 12.1 Å². The van der Waals surface area contributed by atoms with E-state index in [0.717, 1.165) is 17.7 Å². The molecule has 104 valence electrons. The summed E-state index contributed by atoms with van der Waals surface area (Å²) in [5.74, 6) is 0.484. The second kappa shape index (κ2) is 6.91. The summed E-state index contributed by atoms with van der Waals surface area (Å²) < 4.78 is 0. The first-order valence-corrected chi connectivity index (χ1v) is 7.75. The van der Waals surface area contributed by atoms with Gasteiger partial charge in [-0.1, -0.05) is 19.3 Å². The summed E-state index contributed by atoms with van der Waals surface area (Å²) in [6, 6.07) is 3.81. The molecule has 1 fully saturated rings. The van der Waals surface area contributed by atoms with E-state index >= 15 is 0 Å². The lowest BCUT2D eigenvalue weighted by Gasteiger charge is -2.33. The van der Waals surface area contributed by atoms with Crippen LogP contribution in [-0.4, -0.2) is 28.7 Å². The van der Waals surface area contributed by atoms with E-state index in [1.165, 1.54) is 31.0 Å². The lowest BCUT2D eigenvalue weighted by Crippen LogP contribution is -2.51. The molecule has 19 heavy (non-hydrogen) atoms. The molecular formula is C14H21N3OS. The molecule has 1 aromatic heterocycles. The Bertz CT molecular complexity index is 404. The van der Waals surface area contributed by atoms with Crippen LogP contribution in [0.15, 0.2) is 29.4 Å². The highest BCUT2D eigenvalue weighted by molar-refractivity contribution is 8.00. The summed E-state index contributed by atoms with van der Waals surface area (Å²) in [5, 5.41) is 2.96. The number of amides is 1. The minimum absolute atomic E-state index is 0.0530. The van der Waals surface area contributed by atoms with Crippen molar-refractivity contribution in [2.75, 3.05) is 12.3 Å². The maximum Gasteiger partial charge on any atom is 0.230 e. The number of hydrogen-bond donors (Lipinski definition) is 2. The van der Waals surface area contributed by atoms with E-state index in [2.05, 4.69) is 10.3 Å². The smallest absolute Gasteiger partial charge is 0.230 e. The number of aromatic nitrogens is 1. The molecule has 0 unspecified atom stereocenters. The standard InChI is InChI=1S/C14H21N3OS/c15-14(6-2-1-3-7-14)11-17-13(18)10-19-12-4-8-16-9-5-12/h4-5,8-9H,1-3,6-7,10-11,15H2,(H,17,18). The highest BCUT2D eigenvalue weighted by Crippen LogP contribution is 2.25. The molecule has 4 nitrogen and oxygen atoms in total. The molecular weight excluding hydrogens is 258 g/mol. The van der Waals surface area contributed by atoms with Crippen molar-refractivity contribution in [2.45, 2.75) is 42.5 Å². The average Bonchev–Trinajstić information content (AvgIpc) is 2.45. The van der Waals surface area contributed by atoms with E-state index in [1.54, 1.807) is 12.4 Å². The molecule has 0 spiro atoms. The van der Waals surface area contributed by atoms with Crippen LogP contribution in [0.5, 0.6) is 0 Å². The van der Waals surface area contributed by atoms with Crippen molar-refractivity contribution in [3.63, 3.8) is 0 Å². The van der Waals surface area contributed by atoms with Gasteiger partial charge in [-0.2, -0.15) is 0 Å². The van der Waals surface area contributed by atoms with Crippen molar-refractivity contribution in [2.24, 2.45) is 5.73 Å². The Hall–Kier alpha value is -1.07. The topological polar surface area (TPSA) is 68.0 Å². The second-order valence-electron chi connectivity index (χ2n) is 5.17. The minimum Gasteiger partial charge on any atom is -0.354 e. The van der Waals surface area contributed by atoms with Crippen LogP contribution in [0.3, 0.4) is 0 Å². The lowest BCUT2D eigenvalue weighted by molar-refractivity contribution is -0.118. The summed E-state index contributed by atoms with van der Waals surface area (Å²) in [5.41, 5.74) is 6.10. The summed E-state index contributed by atoms with van der Waals surface area (Å²) in [4.78, 5) is 16.8. The van der Waals surface area contributed by atoms with E-state index < -0.39 is 0 Å². The fourth-order valence-electron chi connectivity index (χ4n) is 2.34. The van der Waals surface area contributed by atoms with Crippen molar-refractivity contribution in [3.05, 3.63) is 24.5 Å². The summed E-state index contributed by atoms with van der Waals surface area (Å²) in [6.45, 7) is 0.600. The first-order valence-electron chi connectivity index (χ1n) is 6.76. The van der Waals surface area contributed by atoms with Gasteiger partial charge >= 0.3 is 0 Å². The number of carbonyl (C=O) groups is 1. The molecule has 1 aliphatic rings. The van der Waals surface area contributed by atoms with Crippen LogP contribution in [-0.2, 0) is 4.79 Å². The number of hydrogen-bond acceptors (Lipinski definition) is 4. The van der Waals surface area contributed by atoms with Crippen LogP contribution in [0.4, 0.5) is 0 Å². The zero-order valence-electron chi connectivity index (χ0n) is 11.1. The number of rotatable bonds is 5. The zero-order valence-corrected chi connectivity index (χ0v) is 11.9. The van der Waals surface area contributed by atoms with E-state index in [9.17, 15) is 4.79 Å². The normalized spacial score (nSPS) is 17.9. The van der Waals surface area contributed by atoms with Gasteiger partial charge in [0.15, 0.2) is 0 Å². The number of nitrogens with two attached hydrogens (primary N) is 1. The molecule has 0 radical (unpaired) electrons. The maximum absolute atomic E-state index is 11.8. The molecule has 3 N–H and O–H groups in total. The second-order valence-corrected chi connectivity index (χ2v) is 6.22. The monoisotopic (exact) mass is 279 g/mol. The van der Waals surface area contributed by atoms with Gasteiger partial charge in [0.2, 0.25) is 5.91 Å². The zero-order chi connectivity index (χ0) is 13.6. The Labute approximate surface area is 118 Å². The van der Waals surface area contributed by atoms with Gasteiger partial charge in [0, 0.05) is 29.4 Å². The molecule has 2 rings (SSSR count). The van der Waals surface area contributed by atoms with Crippen LogP contribution in [0.1, 0.15) is 32.1 Å². The maximum atomic E-state index is 11.8. The molecule has 1 amide bonds. The van der Waals surface area contributed by atoms with Crippen LogP contribution < -0.4 is 11.1 Å². The molecule has 0 atom stereocenters. The molecule has 0 aromatic carbocycles. The molecule has 1 heterocycles. The van der Waals surface area contributed by atoms with Gasteiger partial charge in [0.25, 0.3) is 0 Å². The van der Waals surface area contributed by atoms with Gasteiger partial charge in [-0.3, -0.25) is 9.78 Å². The fraction of sp³-hybridized carbons (Fsp3) is 0.571. The number of nitrogens with one attached hydrogen (secondary N) is 1. The predicted molar refractivity (Wildman–Crippen MR) is 78.0 cm³/mol. The number of nitrogens with zero attached hydrogens (tertiary/aromatic N) is 1. The summed E-state index contributed by atoms with van der Waals surface area (Å²) >= 11 is 1.52. The van der Waals surface area contributed by atoms with Crippen molar-refractivity contribution in [1.29, 1.82) is 0 Å². The molecule has 5 heteroatoms. The van der Waals surface area contributed by atoms with E-state index in [4.69, 9.17) is 5.73 Å². The van der Waals surface area contributed by atoms with Crippen molar-refractivity contribution in [1.82, 2.24) is 10.3 Å². The van der Waals surface area contributed by atoms with Crippen LogP contribution in [0.25, 0.3) is 0 Å². The Morgan fingerprint density at radius 2 is 2.00 bits per heavy atom. The Morgan fingerprint density at radius 1 is 1.32 bits per heavy atom. The predicted octanol–water partition coefficient (Wildman–Crippen LogP) is 1.95. The van der Waals surface area contributed by atoms with Crippen LogP contribution in [0.2, 0.25) is 0 Å². The van der Waals surface area contributed by atoms with Crippen molar-refractivity contribution in [3.8, 4) is 0 Å². The Kier molecular flexibility index (Phi) is 5.22. The van der Waals surface area contributed by atoms with Gasteiger partial charge in [-0.15, -0.1) is 11.8 Å². The SMILES string of the molecule is NC1(CNC(=O)CSc2ccncc2)CCCCC1. The van der Waals surface area contributed by atoms with Crippen molar-refractivity contribution < 1.29 is 4.79 Å². The molecule has 1 saturated carbocycles. The quantitative estimate of drug-likeness (QED) is 0.808. The average molecular weight is 279 g/mol.